The SMILES string of the molecule is CCCN1C(=O)N/C(=C/c2ccc(OCc3cccc4ccccc34)cc2)C1=O. The second kappa shape index (κ2) is 8.19. The third-order valence-corrected chi connectivity index (χ3v) is 4.87. The van der Waals surface area contributed by atoms with Crippen molar-refractivity contribution in [3.05, 3.63) is 83.6 Å². The number of benzene rings is 3. The van der Waals surface area contributed by atoms with Gasteiger partial charge in [-0.2, -0.15) is 0 Å². The molecule has 1 heterocycles. The molecule has 3 amide bonds. The first-order valence-corrected chi connectivity index (χ1v) is 9.70. The first-order chi connectivity index (χ1) is 14.2. The molecule has 5 nitrogen and oxygen atoms in total. The lowest BCUT2D eigenvalue weighted by Crippen LogP contribution is -2.31. The Labute approximate surface area is 169 Å². The lowest BCUT2D eigenvalue weighted by atomic mass is 10.1. The Balaban J connectivity index is 1.45. The second-order valence-electron chi connectivity index (χ2n) is 6.94. The molecular formula is C24H22N2O3. The summed E-state index contributed by atoms with van der Waals surface area (Å²) in [5.41, 5.74) is 2.25. The van der Waals surface area contributed by atoms with E-state index in [9.17, 15) is 9.59 Å². The molecule has 0 saturated carbocycles. The molecule has 4 rings (SSSR count). The van der Waals surface area contributed by atoms with E-state index in [1.54, 1.807) is 6.08 Å². The molecule has 1 fully saturated rings. The maximum absolute atomic E-state index is 12.3. The summed E-state index contributed by atoms with van der Waals surface area (Å²) in [7, 11) is 0. The molecule has 1 aliphatic heterocycles. The molecule has 0 aromatic heterocycles. The Morgan fingerprint density at radius 2 is 1.72 bits per heavy atom. The number of rotatable bonds is 6. The number of amides is 3. The summed E-state index contributed by atoms with van der Waals surface area (Å²) in [4.78, 5) is 25.4. The Hall–Kier alpha value is -3.60. The molecule has 29 heavy (non-hydrogen) atoms. The third-order valence-electron chi connectivity index (χ3n) is 4.87. The summed E-state index contributed by atoms with van der Waals surface area (Å²) in [6.45, 7) is 2.82. The lowest BCUT2D eigenvalue weighted by molar-refractivity contribution is -0.122. The predicted octanol–water partition coefficient (Wildman–Crippen LogP) is 4.72. The maximum Gasteiger partial charge on any atom is 0.329 e. The molecule has 0 unspecified atom stereocenters. The Morgan fingerprint density at radius 3 is 2.52 bits per heavy atom. The molecule has 0 spiro atoms. The quantitative estimate of drug-likeness (QED) is 0.493. The highest BCUT2D eigenvalue weighted by Gasteiger charge is 2.32. The number of ether oxygens (including phenoxy) is 1. The van der Waals surface area contributed by atoms with Crippen molar-refractivity contribution in [3.63, 3.8) is 0 Å². The second-order valence-corrected chi connectivity index (χ2v) is 6.94. The fourth-order valence-corrected chi connectivity index (χ4v) is 3.40. The highest BCUT2D eigenvalue weighted by molar-refractivity contribution is 6.13. The van der Waals surface area contributed by atoms with Crippen LogP contribution in [0.3, 0.4) is 0 Å². The summed E-state index contributed by atoms with van der Waals surface area (Å²) in [5, 5.41) is 5.01. The molecule has 0 aliphatic carbocycles. The average Bonchev–Trinajstić information content (AvgIpc) is 3.01. The lowest BCUT2D eigenvalue weighted by Gasteiger charge is -2.09. The van der Waals surface area contributed by atoms with Gasteiger partial charge in [-0.3, -0.25) is 9.69 Å². The molecule has 5 heteroatoms. The molecule has 1 N–H and O–H groups in total. The summed E-state index contributed by atoms with van der Waals surface area (Å²) in [6, 6.07) is 21.5. The van der Waals surface area contributed by atoms with E-state index < -0.39 is 0 Å². The van der Waals surface area contributed by atoms with Crippen molar-refractivity contribution in [2.45, 2.75) is 20.0 Å². The number of hydrogen-bond donors (Lipinski definition) is 1. The normalized spacial score (nSPS) is 15.2. The summed E-state index contributed by atoms with van der Waals surface area (Å²) in [5.74, 6) is 0.461. The number of carbonyl (C=O) groups is 2. The molecular weight excluding hydrogens is 364 g/mol. The van der Waals surface area contributed by atoms with Crippen molar-refractivity contribution in [3.8, 4) is 5.75 Å². The molecule has 3 aromatic carbocycles. The number of carbonyl (C=O) groups excluding carboxylic acids is 2. The van der Waals surface area contributed by atoms with E-state index in [0.29, 0.717) is 18.8 Å². The van der Waals surface area contributed by atoms with Gasteiger partial charge in [0.05, 0.1) is 0 Å². The smallest absolute Gasteiger partial charge is 0.329 e. The van der Waals surface area contributed by atoms with Crippen LogP contribution in [0.1, 0.15) is 24.5 Å². The molecule has 0 bridgehead atoms. The zero-order chi connectivity index (χ0) is 20.2. The van der Waals surface area contributed by atoms with Crippen LogP contribution >= 0.6 is 0 Å². The zero-order valence-corrected chi connectivity index (χ0v) is 16.2. The van der Waals surface area contributed by atoms with Crippen LogP contribution < -0.4 is 10.1 Å². The van der Waals surface area contributed by atoms with E-state index in [0.717, 1.165) is 23.3 Å². The molecule has 3 aromatic rings. The van der Waals surface area contributed by atoms with Crippen LogP contribution in [0.2, 0.25) is 0 Å². The first-order valence-electron chi connectivity index (χ1n) is 9.70. The summed E-state index contributed by atoms with van der Waals surface area (Å²) < 4.78 is 5.95. The van der Waals surface area contributed by atoms with Gasteiger partial charge in [0.1, 0.15) is 18.1 Å². The van der Waals surface area contributed by atoms with Crippen molar-refractivity contribution in [2.24, 2.45) is 0 Å². The molecule has 146 valence electrons. The molecule has 0 radical (unpaired) electrons. The van der Waals surface area contributed by atoms with Gasteiger partial charge in [-0.05, 0) is 46.5 Å². The van der Waals surface area contributed by atoms with E-state index in [4.69, 9.17) is 4.74 Å². The first kappa shape index (κ1) is 18.7. The van der Waals surface area contributed by atoms with E-state index in [2.05, 4.69) is 29.6 Å². The van der Waals surface area contributed by atoms with Gasteiger partial charge >= 0.3 is 6.03 Å². The Kier molecular flexibility index (Phi) is 5.29. The van der Waals surface area contributed by atoms with Crippen LogP contribution in [0.4, 0.5) is 4.79 Å². The number of nitrogens with one attached hydrogen (secondary N) is 1. The number of urea groups is 1. The number of fused-ring (bicyclic) bond motifs is 1. The summed E-state index contributed by atoms with van der Waals surface area (Å²) in [6.07, 6.45) is 2.42. The maximum atomic E-state index is 12.3. The van der Waals surface area contributed by atoms with Crippen LogP contribution in [0.25, 0.3) is 16.8 Å². The van der Waals surface area contributed by atoms with E-state index in [-0.39, 0.29) is 11.9 Å². The number of hydrogen-bond acceptors (Lipinski definition) is 3. The topological polar surface area (TPSA) is 58.6 Å². The standard InChI is InChI=1S/C24H22N2O3/c1-2-14-26-23(27)22(25-24(26)28)15-17-10-12-20(13-11-17)29-16-19-8-5-7-18-6-3-4-9-21(18)19/h3-13,15H,2,14,16H2,1H3,(H,25,28)/b22-15+. The van der Waals surface area contributed by atoms with Gasteiger partial charge in [0.25, 0.3) is 5.91 Å². The number of nitrogens with zero attached hydrogens (tertiary/aromatic N) is 1. The van der Waals surface area contributed by atoms with Gasteiger partial charge < -0.3 is 10.1 Å². The van der Waals surface area contributed by atoms with Crippen LogP contribution in [0.15, 0.2) is 72.4 Å². The fourth-order valence-electron chi connectivity index (χ4n) is 3.40. The van der Waals surface area contributed by atoms with Crippen LogP contribution in [-0.2, 0) is 11.4 Å². The van der Waals surface area contributed by atoms with Crippen molar-refractivity contribution in [2.75, 3.05) is 6.54 Å². The highest BCUT2D eigenvalue weighted by Crippen LogP contribution is 2.22. The zero-order valence-electron chi connectivity index (χ0n) is 16.2. The van der Waals surface area contributed by atoms with Crippen molar-refractivity contribution in [1.82, 2.24) is 10.2 Å². The van der Waals surface area contributed by atoms with Crippen molar-refractivity contribution >= 4 is 28.8 Å². The van der Waals surface area contributed by atoms with Crippen molar-refractivity contribution < 1.29 is 14.3 Å². The minimum atomic E-state index is -0.363. The molecule has 1 saturated heterocycles. The van der Waals surface area contributed by atoms with Gasteiger partial charge in [-0.1, -0.05) is 61.5 Å². The molecule has 0 atom stereocenters. The predicted molar refractivity (Wildman–Crippen MR) is 113 cm³/mol. The van der Waals surface area contributed by atoms with Gasteiger partial charge in [-0.15, -0.1) is 0 Å². The van der Waals surface area contributed by atoms with Gasteiger partial charge in [0.15, 0.2) is 0 Å². The third kappa shape index (κ3) is 3.99. The molecule has 1 aliphatic rings. The Bertz CT molecular complexity index is 1080. The van der Waals surface area contributed by atoms with E-state index in [1.165, 1.54) is 15.7 Å². The van der Waals surface area contributed by atoms with Gasteiger partial charge in [0, 0.05) is 6.54 Å². The van der Waals surface area contributed by atoms with Crippen LogP contribution in [0.5, 0.6) is 5.75 Å². The number of imide groups is 1. The minimum absolute atomic E-state index is 0.284. The van der Waals surface area contributed by atoms with Gasteiger partial charge in [-0.25, -0.2) is 4.79 Å². The van der Waals surface area contributed by atoms with E-state index >= 15 is 0 Å². The monoisotopic (exact) mass is 386 g/mol. The minimum Gasteiger partial charge on any atom is -0.489 e. The average molecular weight is 386 g/mol. The van der Waals surface area contributed by atoms with Crippen LogP contribution in [0, 0.1) is 0 Å². The fraction of sp³-hybridized carbons (Fsp3) is 0.167. The largest absolute Gasteiger partial charge is 0.489 e. The Morgan fingerprint density at radius 1 is 0.966 bits per heavy atom. The summed E-state index contributed by atoms with van der Waals surface area (Å²) >= 11 is 0. The van der Waals surface area contributed by atoms with Crippen LogP contribution in [-0.4, -0.2) is 23.4 Å². The van der Waals surface area contributed by atoms with Crippen molar-refractivity contribution in [1.29, 1.82) is 0 Å². The highest BCUT2D eigenvalue weighted by atomic mass is 16.5. The van der Waals surface area contributed by atoms with Gasteiger partial charge in [0.2, 0.25) is 0 Å². The van der Waals surface area contributed by atoms with E-state index in [1.807, 2.05) is 49.4 Å².